The third-order valence-electron chi connectivity index (χ3n) is 4.00. The molecule has 0 spiro atoms. The van der Waals surface area contributed by atoms with Gasteiger partial charge in [-0.1, -0.05) is 25.2 Å². The summed E-state index contributed by atoms with van der Waals surface area (Å²) in [6.45, 7) is 6.65. The van der Waals surface area contributed by atoms with Gasteiger partial charge in [-0.3, -0.25) is 4.99 Å². The van der Waals surface area contributed by atoms with Crippen molar-refractivity contribution in [3.05, 3.63) is 27.7 Å². The summed E-state index contributed by atoms with van der Waals surface area (Å²) in [5.41, 5.74) is 1.06. The van der Waals surface area contributed by atoms with E-state index < -0.39 is 0 Å². The van der Waals surface area contributed by atoms with Crippen LogP contribution in [0.2, 0.25) is 0 Å². The topological polar surface area (TPSA) is 80.0 Å². The number of hydrogen-bond donors (Lipinski definition) is 2. The Balaban J connectivity index is 0.00000225. The molecule has 3 heterocycles. The van der Waals surface area contributed by atoms with Crippen LogP contribution < -0.4 is 10.6 Å². The van der Waals surface area contributed by atoms with E-state index in [0.717, 1.165) is 34.6 Å². The standard InChI is InChI=1S/C16H25N7S.HI/c1-11(2)15-22-21-14(24-15)9-19-16(17-3)18-8-12-10-23-7-5-4-6-13(23)20-12;/h10-11H,4-9H2,1-3H3,(H2,17,18,19);1H. The first kappa shape index (κ1) is 20.1. The highest BCUT2D eigenvalue weighted by molar-refractivity contribution is 14.0. The molecule has 7 nitrogen and oxygen atoms in total. The molecule has 0 atom stereocenters. The highest BCUT2D eigenvalue weighted by atomic mass is 127. The second-order valence-electron chi connectivity index (χ2n) is 6.27. The Hall–Kier alpha value is -1.23. The van der Waals surface area contributed by atoms with Crippen molar-refractivity contribution in [1.82, 2.24) is 30.4 Å². The largest absolute Gasteiger partial charge is 0.351 e. The Morgan fingerprint density at radius 3 is 2.76 bits per heavy atom. The van der Waals surface area contributed by atoms with Crippen molar-refractivity contribution in [1.29, 1.82) is 0 Å². The van der Waals surface area contributed by atoms with Crippen LogP contribution in [0.25, 0.3) is 0 Å². The summed E-state index contributed by atoms with van der Waals surface area (Å²) in [7, 11) is 1.77. The molecule has 0 aromatic carbocycles. The molecule has 3 rings (SSSR count). The number of nitrogens with one attached hydrogen (secondary N) is 2. The molecule has 0 saturated heterocycles. The van der Waals surface area contributed by atoms with E-state index in [1.807, 2.05) is 0 Å². The molecular weight excluding hydrogens is 449 g/mol. The number of nitrogens with zero attached hydrogens (tertiary/aromatic N) is 5. The summed E-state index contributed by atoms with van der Waals surface area (Å²) in [5.74, 6) is 2.37. The zero-order chi connectivity index (χ0) is 16.9. The number of imidazole rings is 1. The average Bonchev–Trinajstić information content (AvgIpc) is 3.21. The summed E-state index contributed by atoms with van der Waals surface area (Å²) in [6, 6.07) is 0. The summed E-state index contributed by atoms with van der Waals surface area (Å²) < 4.78 is 2.27. The monoisotopic (exact) mass is 475 g/mol. The van der Waals surface area contributed by atoms with Crippen LogP contribution in [0.4, 0.5) is 0 Å². The number of fused-ring (bicyclic) bond motifs is 1. The van der Waals surface area contributed by atoms with Crippen LogP contribution >= 0.6 is 35.3 Å². The Kier molecular flexibility index (Phi) is 7.60. The van der Waals surface area contributed by atoms with Crippen molar-refractivity contribution in [2.24, 2.45) is 4.99 Å². The number of aromatic nitrogens is 4. The molecule has 2 N–H and O–H groups in total. The van der Waals surface area contributed by atoms with E-state index in [2.05, 4.69) is 50.4 Å². The smallest absolute Gasteiger partial charge is 0.191 e. The Morgan fingerprint density at radius 2 is 2.08 bits per heavy atom. The first-order chi connectivity index (χ1) is 11.7. The minimum absolute atomic E-state index is 0. The van der Waals surface area contributed by atoms with Gasteiger partial charge in [-0.05, 0) is 12.8 Å². The third kappa shape index (κ3) is 5.37. The number of aryl methyl sites for hydroxylation is 2. The van der Waals surface area contributed by atoms with Gasteiger partial charge in [-0.2, -0.15) is 0 Å². The lowest BCUT2D eigenvalue weighted by molar-refractivity contribution is 0.522. The van der Waals surface area contributed by atoms with Crippen molar-refractivity contribution in [2.75, 3.05) is 7.05 Å². The van der Waals surface area contributed by atoms with Gasteiger partial charge in [0, 0.05) is 32.1 Å². The molecule has 1 aliphatic rings. The predicted molar refractivity (Wildman–Crippen MR) is 112 cm³/mol. The van der Waals surface area contributed by atoms with E-state index in [1.165, 1.54) is 18.7 Å². The maximum atomic E-state index is 4.70. The lowest BCUT2D eigenvalue weighted by atomic mass is 10.2. The van der Waals surface area contributed by atoms with Crippen LogP contribution in [0.1, 0.15) is 54.1 Å². The van der Waals surface area contributed by atoms with E-state index >= 15 is 0 Å². The van der Waals surface area contributed by atoms with Crippen LogP contribution in [-0.4, -0.2) is 32.8 Å². The Morgan fingerprint density at radius 1 is 1.28 bits per heavy atom. The zero-order valence-corrected chi connectivity index (χ0v) is 18.1. The summed E-state index contributed by atoms with van der Waals surface area (Å²) in [6.07, 6.45) is 5.73. The van der Waals surface area contributed by atoms with Crippen molar-refractivity contribution >= 4 is 41.3 Å². The molecule has 0 radical (unpaired) electrons. The van der Waals surface area contributed by atoms with Gasteiger partial charge in [0.25, 0.3) is 0 Å². The molecule has 2 aromatic heterocycles. The first-order valence-electron chi connectivity index (χ1n) is 8.47. The van der Waals surface area contributed by atoms with Crippen molar-refractivity contribution < 1.29 is 0 Å². The predicted octanol–water partition coefficient (Wildman–Crippen LogP) is 2.68. The molecule has 138 valence electrons. The molecule has 25 heavy (non-hydrogen) atoms. The fourth-order valence-electron chi connectivity index (χ4n) is 2.68. The maximum absolute atomic E-state index is 4.70. The number of halogens is 1. The maximum Gasteiger partial charge on any atom is 0.191 e. The molecule has 0 amide bonds. The van der Waals surface area contributed by atoms with E-state index in [-0.39, 0.29) is 24.0 Å². The molecule has 0 unspecified atom stereocenters. The van der Waals surface area contributed by atoms with Gasteiger partial charge in [0.05, 0.1) is 18.8 Å². The van der Waals surface area contributed by atoms with Gasteiger partial charge in [0.15, 0.2) is 5.96 Å². The Labute approximate surface area is 169 Å². The molecule has 0 saturated carbocycles. The van der Waals surface area contributed by atoms with E-state index in [4.69, 9.17) is 4.98 Å². The minimum Gasteiger partial charge on any atom is -0.351 e. The Bertz CT molecular complexity index is 684. The lowest BCUT2D eigenvalue weighted by Crippen LogP contribution is -2.36. The quantitative estimate of drug-likeness (QED) is 0.395. The highest BCUT2D eigenvalue weighted by Gasteiger charge is 2.12. The van der Waals surface area contributed by atoms with Gasteiger partial charge >= 0.3 is 0 Å². The van der Waals surface area contributed by atoms with Crippen molar-refractivity contribution in [3.63, 3.8) is 0 Å². The van der Waals surface area contributed by atoms with E-state index in [1.54, 1.807) is 18.4 Å². The molecule has 0 fully saturated rings. The first-order valence-corrected chi connectivity index (χ1v) is 9.29. The van der Waals surface area contributed by atoms with Crippen LogP contribution in [-0.2, 0) is 26.1 Å². The van der Waals surface area contributed by atoms with Gasteiger partial charge in [0.1, 0.15) is 15.8 Å². The third-order valence-corrected chi connectivity index (χ3v) is 5.23. The summed E-state index contributed by atoms with van der Waals surface area (Å²) in [4.78, 5) is 8.95. The van der Waals surface area contributed by atoms with Gasteiger partial charge < -0.3 is 15.2 Å². The fourth-order valence-corrected chi connectivity index (χ4v) is 3.47. The number of aliphatic imine (C=N–C) groups is 1. The van der Waals surface area contributed by atoms with Crippen LogP contribution in [0, 0.1) is 0 Å². The molecular formula is C16H26IN7S. The van der Waals surface area contributed by atoms with Crippen molar-refractivity contribution in [3.8, 4) is 0 Å². The second kappa shape index (κ2) is 9.46. The van der Waals surface area contributed by atoms with E-state index in [9.17, 15) is 0 Å². The van der Waals surface area contributed by atoms with Gasteiger partial charge in [-0.15, -0.1) is 34.2 Å². The SMILES string of the molecule is CN=C(NCc1cn2c(n1)CCCC2)NCc1nnc(C(C)C)s1.I. The number of guanidine groups is 1. The molecule has 0 bridgehead atoms. The lowest BCUT2D eigenvalue weighted by Gasteiger charge is -2.11. The fraction of sp³-hybridized carbons (Fsp3) is 0.625. The number of rotatable bonds is 5. The van der Waals surface area contributed by atoms with Crippen LogP contribution in [0.3, 0.4) is 0 Å². The normalized spacial score (nSPS) is 14.2. The molecule has 0 aliphatic carbocycles. The van der Waals surface area contributed by atoms with Crippen LogP contribution in [0.15, 0.2) is 11.2 Å². The zero-order valence-electron chi connectivity index (χ0n) is 14.9. The average molecular weight is 475 g/mol. The highest BCUT2D eigenvalue weighted by Crippen LogP contribution is 2.18. The van der Waals surface area contributed by atoms with Gasteiger partial charge in [-0.25, -0.2) is 4.98 Å². The molecule has 1 aliphatic heterocycles. The minimum atomic E-state index is 0. The van der Waals surface area contributed by atoms with Gasteiger partial charge in [0.2, 0.25) is 0 Å². The summed E-state index contributed by atoms with van der Waals surface area (Å²) >= 11 is 1.64. The molecule has 9 heteroatoms. The van der Waals surface area contributed by atoms with E-state index in [0.29, 0.717) is 19.0 Å². The summed E-state index contributed by atoms with van der Waals surface area (Å²) in [5, 5.41) is 17.1. The van der Waals surface area contributed by atoms with Crippen molar-refractivity contribution in [2.45, 2.75) is 58.7 Å². The molecule has 2 aromatic rings. The second-order valence-corrected chi connectivity index (χ2v) is 7.36. The van der Waals surface area contributed by atoms with Crippen LogP contribution in [0.5, 0.6) is 0 Å². The number of hydrogen-bond acceptors (Lipinski definition) is 5.